The highest BCUT2D eigenvalue weighted by Crippen LogP contribution is 2.12. The van der Waals surface area contributed by atoms with E-state index in [0.717, 1.165) is 5.69 Å². The van der Waals surface area contributed by atoms with E-state index in [-0.39, 0.29) is 0 Å². The first-order valence-corrected chi connectivity index (χ1v) is 4.43. The molecule has 0 atom stereocenters. The third-order valence-corrected chi connectivity index (χ3v) is 1.63. The molecular weight excluding hydrogens is 158 g/mol. The molecule has 0 saturated heterocycles. The quantitative estimate of drug-likeness (QED) is 0.605. The van der Waals surface area contributed by atoms with Crippen LogP contribution in [0, 0.1) is 6.92 Å². The van der Waals surface area contributed by atoms with Crippen LogP contribution in [-0.4, -0.2) is 6.21 Å². The van der Waals surface area contributed by atoms with Crippen molar-refractivity contribution in [2.45, 2.75) is 20.8 Å². The second-order valence-corrected chi connectivity index (χ2v) is 3.36. The van der Waals surface area contributed by atoms with E-state index in [1.807, 2.05) is 24.4 Å². The summed E-state index contributed by atoms with van der Waals surface area (Å²) in [5, 5.41) is 0. The lowest BCUT2D eigenvalue weighted by Crippen LogP contribution is -1.71. The van der Waals surface area contributed by atoms with E-state index < -0.39 is 0 Å². The summed E-state index contributed by atoms with van der Waals surface area (Å²) < 4.78 is 0. The van der Waals surface area contributed by atoms with Gasteiger partial charge in [-0.3, -0.25) is 4.99 Å². The largest absolute Gasteiger partial charge is 0.257 e. The van der Waals surface area contributed by atoms with Crippen LogP contribution >= 0.6 is 0 Å². The monoisotopic (exact) mass is 173 g/mol. The number of aryl methyl sites for hydroxylation is 1. The van der Waals surface area contributed by atoms with Crippen molar-refractivity contribution < 1.29 is 0 Å². The average Bonchev–Trinajstić information content (AvgIpc) is 2.03. The molecule has 0 amide bonds. The first-order valence-electron chi connectivity index (χ1n) is 4.43. The molecule has 68 valence electrons. The lowest BCUT2D eigenvalue weighted by atomic mass is 10.2. The number of benzene rings is 1. The predicted molar refractivity (Wildman–Crippen MR) is 58.8 cm³/mol. The lowest BCUT2D eigenvalue weighted by Gasteiger charge is -1.93. The van der Waals surface area contributed by atoms with E-state index in [2.05, 4.69) is 37.9 Å². The van der Waals surface area contributed by atoms with Crippen LogP contribution in [0.4, 0.5) is 5.69 Å². The molecular formula is C12H15N. The Labute approximate surface area is 79.8 Å². The molecule has 0 N–H and O–H groups in total. The third kappa shape index (κ3) is 3.70. The van der Waals surface area contributed by atoms with Crippen LogP contribution in [0.1, 0.15) is 19.4 Å². The molecule has 1 aromatic rings. The maximum atomic E-state index is 4.31. The summed E-state index contributed by atoms with van der Waals surface area (Å²) in [6.07, 6.45) is 3.84. The first kappa shape index (κ1) is 9.72. The molecule has 1 aromatic carbocycles. The highest BCUT2D eigenvalue weighted by molar-refractivity contribution is 5.75. The maximum Gasteiger partial charge on any atom is 0.0632 e. The van der Waals surface area contributed by atoms with Crippen molar-refractivity contribution in [3.05, 3.63) is 41.5 Å². The van der Waals surface area contributed by atoms with Crippen molar-refractivity contribution in [2.24, 2.45) is 4.99 Å². The Morgan fingerprint density at radius 1 is 1.31 bits per heavy atom. The summed E-state index contributed by atoms with van der Waals surface area (Å²) in [4.78, 5) is 4.31. The van der Waals surface area contributed by atoms with Crippen LogP contribution in [0.2, 0.25) is 0 Å². The molecule has 0 spiro atoms. The van der Waals surface area contributed by atoms with Crippen molar-refractivity contribution >= 4 is 11.9 Å². The maximum absolute atomic E-state index is 4.31. The Bertz CT molecular complexity index is 331. The van der Waals surface area contributed by atoms with Gasteiger partial charge in [-0.25, -0.2) is 0 Å². The Hall–Kier alpha value is -1.37. The molecule has 0 fully saturated rings. The molecule has 0 aliphatic heterocycles. The van der Waals surface area contributed by atoms with E-state index in [1.165, 1.54) is 11.1 Å². The number of hydrogen-bond donors (Lipinski definition) is 0. The van der Waals surface area contributed by atoms with Gasteiger partial charge in [0, 0.05) is 6.21 Å². The zero-order chi connectivity index (χ0) is 9.68. The number of hydrogen-bond acceptors (Lipinski definition) is 1. The molecule has 0 bridgehead atoms. The Balaban J connectivity index is 2.75. The van der Waals surface area contributed by atoms with Crippen LogP contribution in [0.5, 0.6) is 0 Å². The van der Waals surface area contributed by atoms with Crippen LogP contribution in [-0.2, 0) is 0 Å². The van der Waals surface area contributed by atoms with Gasteiger partial charge in [-0.1, -0.05) is 17.7 Å². The molecule has 1 rings (SSSR count). The second kappa shape index (κ2) is 4.61. The van der Waals surface area contributed by atoms with Crippen LogP contribution in [0.3, 0.4) is 0 Å². The van der Waals surface area contributed by atoms with E-state index in [9.17, 15) is 0 Å². The SMILES string of the molecule is CC(C)=CC=Nc1cccc(C)c1. The Morgan fingerprint density at radius 3 is 2.69 bits per heavy atom. The minimum atomic E-state index is 1.01. The molecule has 1 heteroatoms. The average molecular weight is 173 g/mol. The normalized spacial score (nSPS) is 10.4. The van der Waals surface area contributed by atoms with Gasteiger partial charge >= 0.3 is 0 Å². The van der Waals surface area contributed by atoms with Gasteiger partial charge in [0.2, 0.25) is 0 Å². The molecule has 0 heterocycles. The van der Waals surface area contributed by atoms with E-state index in [4.69, 9.17) is 0 Å². The minimum absolute atomic E-state index is 1.01. The molecule has 0 aliphatic carbocycles. The van der Waals surface area contributed by atoms with E-state index in [0.29, 0.717) is 0 Å². The Morgan fingerprint density at radius 2 is 2.08 bits per heavy atom. The van der Waals surface area contributed by atoms with Crippen molar-refractivity contribution in [1.29, 1.82) is 0 Å². The molecule has 0 radical (unpaired) electrons. The predicted octanol–water partition coefficient (Wildman–Crippen LogP) is 3.66. The van der Waals surface area contributed by atoms with Gasteiger partial charge in [0.05, 0.1) is 5.69 Å². The van der Waals surface area contributed by atoms with Crippen molar-refractivity contribution in [2.75, 3.05) is 0 Å². The Kier molecular flexibility index (Phi) is 3.44. The smallest absolute Gasteiger partial charge is 0.0632 e. The molecule has 0 aromatic heterocycles. The van der Waals surface area contributed by atoms with E-state index in [1.54, 1.807) is 0 Å². The number of nitrogens with zero attached hydrogens (tertiary/aromatic N) is 1. The van der Waals surface area contributed by atoms with Gasteiger partial charge in [-0.2, -0.15) is 0 Å². The number of allylic oxidation sites excluding steroid dienone is 2. The van der Waals surface area contributed by atoms with Gasteiger partial charge < -0.3 is 0 Å². The van der Waals surface area contributed by atoms with Gasteiger partial charge in [0.15, 0.2) is 0 Å². The fourth-order valence-electron chi connectivity index (χ4n) is 0.981. The van der Waals surface area contributed by atoms with Gasteiger partial charge in [-0.05, 0) is 44.5 Å². The molecule has 0 saturated carbocycles. The number of aliphatic imine (C=N–C) groups is 1. The van der Waals surface area contributed by atoms with Crippen molar-refractivity contribution in [3.63, 3.8) is 0 Å². The lowest BCUT2D eigenvalue weighted by molar-refractivity contribution is 1.40. The van der Waals surface area contributed by atoms with Crippen LogP contribution in [0.15, 0.2) is 40.9 Å². The zero-order valence-electron chi connectivity index (χ0n) is 8.41. The zero-order valence-corrected chi connectivity index (χ0v) is 8.41. The fraction of sp³-hybridized carbons (Fsp3) is 0.250. The summed E-state index contributed by atoms with van der Waals surface area (Å²) in [5.41, 5.74) is 3.51. The summed E-state index contributed by atoms with van der Waals surface area (Å²) in [6, 6.07) is 8.15. The van der Waals surface area contributed by atoms with Gasteiger partial charge in [0.25, 0.3) is 0 Å². The van der Waals surface area contributed by atoms with Gasteiger partial charge in [0.1, 0.15) is 0 Å². The van der Waals surface area contributed by atoms with Crippen molar-refractivity contribution in [3.8, 4) is 0 Å². The first-order chi connectivity index (χ1) is 6.18. The summed E-state index contributed by atoms with van der Waals surface area (Å²) in [6.45, 7) is 6.18. The van der Waals surface area contributed by atoms with Crippen molar-refractivity contribution in [1.82, 2.24) is 0 Å². The number of rotatable bonds is 2. The van der Waals surface area contributed by atoms with E-state index >= 15 is 0 Å². The summed E-state index contributed by atoms with van der Waals surface area (Å²) in [5.74, 6) is 0. The highest BCUT2D eigenvalue weighted by atomic mass is 14.7. The molecule has 0 unspecified atom stereocenters. The standard InChI is InChI=1S/C12H15N/c1-10(2)7-8-13-12-6-4-5-11(3)9-12/h4-9H,1-3H3. The minimum Gasteiger partial charge on any atom is -0.257 e. The summed E-state index contributed by atoms with van der Waals surface area (Å²) in [7, 11) is 0. The molecule has 0 aliphatic rings. The van der Waals surface area contributed by atoms with Crippen LogP contribution in [0.25, 0.3) is 0 Å². The third-order valence-electron chi connectivity index (χ3n) is 1.63. The molecule has 1 nitrogen and oxygen atoms in total. The molecule has 13 heavy (non-hydrogen) atoms. The fourth-order valence-corrected chi connectivity index (χ4v) is 0.981. The topological polar surface area (TPSA) is 12.4 Å². The second-order valence-electron chi connectivity index (χ2n) is 3.36. The van der Waals surface area contributed by atoms with Gasteiger partial charge in [-0.15, -0.1) is 0 Å². The summed E-state index contributed by atoms with van der Waals surface area (Å²) >= 11 is 0. The van der Waals surface area contributed by atoms with Crippen LogP contribution < -0.4 is 0 Å². The highest BCUT2D eigenvalue weighted by Gasteiger charge is 1.86.